The zero-order valence-electron chi connectivity index (χ0n) is 8.93. The molecule has 1 aromatic carbocycles. The van der Waals surface area contributed by atoms with Crippen molar-refractivity contribution in [1.29, 1.82) is 0 Å². The lowest BCUT2D eigenvalue weighted by Crippen LogP contribution is -2.26. The highest BCUT2D eigenvalue weighted by atomic mass is 16.7. The SMILES string of the molecule is CC(=O)ONCC(=O)OCc1ccccc1. The molecule has 0 aliphatic heterocycles. The molecule has 0 aliphatic rings. The van der Waals surface area contributed by atoms with Crippen LogP contribution in [0, 0.1) is 0 Å². The van der Waals surface area contributed by atoms with Gasteiger partial charge in [0.05, 0.1) is 0 Å². The van der Waals surface area contributed by atoms with Gasteiger partial charge in [0.25, 0.3) is 0 Å². The number of benzene rings is 1. The van der Waals surface area contributed by atoms with Crippen molar-refractivity contribution in [2.45, 2.75) is 13.5 Å². The van der Waals surface area contributed by atoms with Crippen LogP contribution in [0.5, 0.6) is 0 Å². The Morgan fingerprint density at radius 2 is 1.94 bits per heavy atom. The third kappa shape index (κ3) is 5.11. The molecule has 0 fully saturated rings. The van der Waals surface area contributed by atoms with E-state index >= 15 is 0 Å². The summed E-state index contributed by atoms with van der Waals surface area (Å²) in [5, 5.41) is 0. The van der Waals surface area contributed by atoms with Gasteiger partial charge >= 0.3 is 11.9 Å². The minimum Gasteiger partial charge on any atom is -0.460 e. The molecule has 0 heterocycles. The Kier molecular flexibility index (Phi) is 5.01. The van der Waals surface area contributed by atoms with Gasteiger partial charge in [0.15, 0.2) is 0 Å². The number of rotatable bonds is 5. The summed E-state index contributed by atoms with van der Waals surface area (Å²) in [7, 11) is 0. The molecule has 0 aromatic heterocycles. The average Bonchev–Trinajstić information content (AvgIpc) is 2.27. The standard InChI is InChI=1S/C11H13NO4/c1-9(13)16-12-7-11(14)15-8-10-5-3-2-4-6-10/h2-6,12H,7-8H2,1H3. The summed E-state index contributed by atoms with van der Waals surface area (Å²) in [5.41, 5.74) is 3.10. The number of hydrogen-bond acceptors (Lipinski definition) is 5. The maximum atomic E-state index is 11.1. The molecular weight excluding hydrogens is 210 g/mol. The highest BCUT2D eigenvalue weighted by Gasteiger charge is 2.03. The Morgan fingerprint density at radius 3 is 2.56 bits per heavy atom. The molecule has 5 heteroatoms. The third-order valence-corrected chi connectivity index (χ3v) is 1.68. The summed E-state index contributed by atoms with van der Waals surface area (Å²) in [6.07, 6.45) is 0. The minimum absolute atomic E-state index is 0.160. The lowest BCUT2D eigenvalue weighted by Gasteiger charge is -2.05. The van der Waals surface area contributed by atoms with Gasteiger partial charge in [0.1, 0.15) is 13.2 Å². The molecule has 0 saturated carbocycles. The van der Waals surface area contributed by atoms with E-state index in [1.807, 2.05) is 30.3 Å². The van der Waals surface area contributed by atoms with E-state index in [0.717, 1.165) is 5.56 Å². The number of hydrogen-bond donors (Lipinski definition) is 1. The van der Waals surface area contributed by atoms with Gasteiger partial charge in [0, 0.05) is 6.92 Å². The summed E-state index contributed by atoms with van der Waals surface area (Å²) in [4.78, 5) is 25.9. The molecule has 5 nitrogen and oxygen atoms in total. The first-order valence-electron chi connectivity index (χ1n) is 4.78. The Bertz CT molecular complexity index is 350. The van der Waals surface area contributed by atoms with Crippen molar-refractivity contribution in [2.75, 3.05) is 6.54 Å². The van der Waals surface area contributed by atoms with E-state index in [2.05, 4.69) is 10.3 Å². The van der Waals surface area contributed by atoms with E-state index < -0.39 is 11.9 Å². The van der Waals surface area contributed by atoms with E-state index in [-0.39, 0.29) is 13.2 Å². The number of carbonyl (C=O) groups excluding carboxylic acids is 2. The zero-order chi connectivity index (χ0) is 11.8. The third-order valence-electron chi connectivity index (χ3n) is 1.68. The summed E-state index contributed by atoms with van der Waals surface area (Å²) < 4.78 is 4.92. The van der Waals surface area contributed by atoms with Gasteiger partial charge in [-0.3, -0.25) is 9.59 Å². The van der Waals surface area contributed by atoms with Crippen LogP contribution in [-0.4, -0.2) is 18.5 Å². The van der Waals surface area contributed by atoms with E-state index in [9.17, 15) is 9.59 Å². The van der Waals surface area contributed by atoms with Gasteiger partial charge in [-0.15, -0.1) is 5.48 Å². The van der Waals surface area contributed by atoms with E-state index in [1.54, 1.807) is 0 Å². The van der Waals surface area contributed by atoms with Crippen LogP contribution < -0.4 is 5.48 Å². The highest BCUT2D eigenvalue weighted by Crippen LogP contribution is 2.00. The molecule has 0 radical (unpaired) electrons. The topological polar surface area (TPSA) is 64.6 Å². The molecular formula is C11H13NO4. The maximum absolute atomic E-state index is 11.1. The average molecular weight is 223 g/mol. The molecule has 0 amide bonds. The molecule has 0 unspecified atom stereocenters. The van der Waals surface area contributed by atoms with Gasteiger partial charge < -0.3 is 9.57 Å². The van der Waals surface area contributed by atoms with Crippen LogP contribution in [0.1, 0.15) is 12.5 Å². The van der Waals surface area contributed by atoms with Gasteiger partial charge in [-0.05, 0) is 5.56 Å². The molecule has 1 rings (SSSR count). The van der Waals surface area contributed by atoms with Crippen LogP contribution in [0.15, 0.2) is 30.3 Å². The quantitative estimate of drug-likeness (QED) is 0.590. The Morgan fingerprint density at radius 1 is 1.25 bits per heavy atom. The molecule has 0 atom stereocenters. The first kappa shape index (κ1) is 12.2. The van der Waals surface area contributed by atoms with Crippen LogP contribution in [-0.2, 0) is 25.8 Å². The van der Waals surface area contributed by atoms with Crippen molar-refractivity contribution in [1.82, 2.24) is 5.48 Å². The summed E-state index contributed by atoms with van der Waals surface area (Å²) in [5.74, 6) is -0.985. The smallest absolute Gasteiger partial charge is 0.323 e. The largest absolute Gasteiger partial charge is 0.460 e. The van der Waals surface area contributed by atoms with Gasteiger partial charge in [-0.1, -0.05) is 30.3 Å². The highest BCUT2D eigenvalue weighted by molar-refractivity contribution is 5.72. The molecule has 1 aromatic rings. The van der Waals surface area contributed by atoms with Crippen molar-refractivity contribution < 1.29 is 19.2 Å². The molecule has 0 saturated heterocycles. The lowest BCUT2D eigenvalue weighted by molar-refractivity contribution is -0.154. The van der Waals surface area contributed by atoms with Crippen LogP contribution in [0.25, 0.3) is 0 Å². The number of ether oxygens (including phenoxy) is 1. The first-order valence-corrected chi connectivity index (χ1v) is 4.78. The van der Waals surface area contributed by atoms with Gasteiger partial charge in [0.2, 0.25) is 0 Å². The van der Waals surface area contributed by atoms with Crippen LogP contribution >= 0.6 is 0 Å². The monoisotopic (exact) mass is 223 g/mol. The van der Waals surface area contributed by atoms with Crippen molar-refractivity contribution in [2.24, 2.45) is 0 Å². The summed E-state index contributed by atoms with van der Waals surface area (Å²) in [6.45, 7) is 1.29. The Hall–Kier alpha value is -1.88. The van der Waals surface area contributed by atoms with Crippen molar-refractivity contribution >= 4 is 11.9 Å². The fourth-order valence-corrected chi connectivity index (χ4v) is 0.986. The Balaban J connectivity index is 2.18. The van der Waals surface area contributed by atoms with Crippen LogP contribution in [0.4, 0.5) is 0 Å². The molecule has 0 bridgehead atoms. The van der Waals surface area contributed by atoms with E-state index in [0.29, 0.717) is 0 Å². The maximum Gasteiger partial charge on any atom is 0.323 e. The first-order chi connectivity index (χ1) is 7.68. The molecule has 16 heavy (non-hydrogen) atoms. The van der Waals surface area contributed by atoms with Gasteiger partial charge in [-0.2, -0.15) is 0 Å². The number of esters is 1. The van der Waals surface area contributed by atoms with E-state index in [1.165, 1.54) is 6.92 Å². The second kappa shape index (κ2) is 6.58. The summed E-state index contributed by atoms with van der Waals surface area (Å²) >= 11 is 0. The minimum atomic E-state index is -0.504. The number of carbonyl (C=O) groups is 2. The van der Waals surface area contributed by atoms with Crippen LogP contribution in [0.3, 0.4) is 0 Å². The predicted octanol–water partition coefficient (Wildman–Crippen LogP) is 0.797. The van der Waals surface area contributed by atoms with Crippen molar-refractivity contribution in [3.05, 3.63) is 35.9 Å². The second-order valence-electron chi connectivity index (χ2n) is 3.06. The normalized spacial score (nSPS) is 9.56. The zero-order valence-corrected chi connectivity index (χ0v) is 8.93. The molecule has 0 spiro atoms. The van der Waals surface area contributed by atoms with E-state index in [4.69, 9.17) is 4.74 Å². The molecule has 0 aliphatic carbocycles. The summed E-state index contributed by atoms with van der Waals surface area (Å²) in [6, 6.07) is 9.31. The Labute approximate surface area is 93.3 Å². The number of nitrogens with one attached hydrogen (secondary N) is 1. The number of hydroxylamine groups is 1. The molecule has 1 N–H and O–H groups in total. The lowest BCUT2D eigenvalue weighted by atomic mass is 10.2. The van der Waals surface area contributed by atoms with Crippen molar-refractivity contribution in [3.8, 4) is 0 Å². The fraction of sp³-hybridized carbons (Fsp3) is 0.273. The fourth-order valence-electron chi connectivity index (χ4n) is 0.986. The predicted molar refractivity (Wildman–Crippen MR) is 56.0 cm³/mol. The van der Waals surface area contributed by atoms with Crippen molar-refractivity contribution in [3.63, 3.8) is 0 Å². The molecule has 86 valence electrons. The van der Waals surface area contributed by atoms with Crippen LogP contribution in [0.2, 0.25) is 0 Å². The second-order valence-corrected chi connectivity index (χ2v) is 3.06. The van der Waals surface area contributed by atoms with Gasteiger partial charge in [-0.25, -0.2) is 0 Å².